The van der Waals surface area contributed by atoms with E-state index < -0.39 is 0 Å². The molecular weight excluding hydrogens is 274 g/mol. The average Bonchev–Trinajstić information content (AvgIpc) is 3.00. The van der Waals surface area contributed by atoms with Crippen molar-refractivity contribution in [3.05, 3.63) is 22.4 Å². The summed E-state index contributed by atoms with van der Waals surface area (Å²) in [4.78, 5) is 26.7. The van der Waals surface area contributed by atoms with Gasteiger partial charge < -0.3 is 15.5 Å². The standard InChI is InChI=1S/C14H19N3O2S/c18-13(8-15-14(19)12-2-1-7-20-12)16-11-9-17-5-3-10(11)4-6-17/h1-2,7,10-11H,3-6,8-9H2,(H,15,19)(H,16,18). The molecule has 2 amide bonds. The van der Waals surface area contributed by atoms with Gasteiger partial charge in [-0.15, -0.1) is 11.3 Å². The van der Waals surface area contributed by atoms with Gasteiger partial charge in [0.15, 0.2) is 0 Å². The van der Waals surface area contributed by atoms with Gasteiger partial charge in [-0.3, -0.25) is 9.59 Å². The molecule has 0 spiro atoms. The molecule has 4 rings (SSSR count). The molecule has 0 saturated carbocycles. The molecule has 3 saturated heterocycles. The third kappa shape index (κ3) is 3.02. The monoisotopic (exact) mass is 293 g/mol. The van der Waals surface area contributed by atoms with Crippen molar-refractivity contribution < 1.29 is 9.59 Å². The minimum absolute atomic E-state index is 0.0555. The predicted molar refractivity (Wildman–Crippen MR) is 77.7 cm³/mol. The van der Waals surface area contributed by atoms with E-state index >= 15 is 0 Å². The van der Waals surface area contributed by atoms with E-state index in [4.69, 9.17) is 0 Å². The van der Waals surface area contributed by atoms with Gasteiger partial charge in [0.25, 0.3) is 5.91 Å². The summed E-state index contributed by atoms with van der Waals surface area (Å²) >= 11 is 1.38. The van der Waals surface area contributed by atoms with E-state index in [1.54, 1.807) is 6.07 Å². The van der Waals surface area contributed by atoms with E-state index in [9.17, 15) is 9.59 Å². The van der Waals surface area contributed by atoms with Crippen LogP contribution in [0.4, 0.5) is 0 Å². The Bertz CT molecular complexity index is 481. The molecular formula is C14H19N3O2S. The maximum atomic E-state index is 11.9. The third-order valence-electron chi connectivity index (χ3n) is 4.16. The van der Waals surface area contributed by atoms with Crippen molar-refractivity contribution in [1.29, 1.82) is 0 Å². The normalized spacial score (nSPS) is 28.1. The van der Waals surface area contributed by atoms with Crippen molar-refractivity contribution in [3.63, 3.8) is 0 Å². The minimum Gasteiger partial charge on any atom is -0.350 e. The summed E-state index contributed by atoms with van der Waals surface area (Å²) in [5.41, 5.74) is 0. The number of carbonyl (C=O) groups is 2. The molecule has 108 valence electrons. The van der Waals surface area contributed by atoms with Crippen LogP contribution in [0, 0.1) is 5.92 Å². The summed E-state index contributed by atoms with van der Waals surface area (Å²) < 4.78 is 0. The molecule has 2 N–H and O–H groups in total. The first kappa shape index (κ1) is 13.6. The van der Waals surface area contributed by atoms with Crippen LogP contribution in [0.2, 0.25) is 0 Å². The minimum atomic E-state index is -0.177. The van der Waals surface area contributed by atoms with Crippen LogP contribution in [0.3, 0.4) is 0 Å². The van der Waals surface area contributed by atoms with Gasteiger partial charge in [-0.25, -0.2) is 0 Å². The Kier molecular flexibility index (Phi) is 4.03. The number of fused-ring (bicyclic) bond motifs is 3. The van der Waals surface area contributed by atoms with Crippen LogP contribution in [0.25, 0.3) is 0 Å². The molecule has 3 fully saturated rings. The number of thiophene rings is 1. The maximum Gasteiger partial charge on any atom is 0.261 e. The molecule has 0 aromatic carbocycles. The van der Waals surface area contributed by atoms with Crippen LogP contribution in [-0.4, -0.2) is 48.9 Å². The van der Waals surface area contributed by atoms with E-state index in [0.29, 0.717) is 10.8 Å². The van der Waals surface area contributed by atoms with Crippen LogP contribution in [0.5, 0.6) is 0 Å². The number of hydrogen-bond donors (Lipinski definition) is 2. The zero-order valence-corrected chi connectivity index (χ0v) is 12.1. The van der Waals surface area contributed by atoms with E-state index in [1.807, 2.05) is 11.4 Å². The lowest BCUT2D eigenvalue weighted by molar-refractivity contribution is -0.122. The fraction of sp³-hybridized carbons (Fsp3) is 0.571. The molecule has 5 nitrogen and oxygen atoms in total. The van der Waals surface area contributed by atoms with Crippen molar-refractivity contribution in [1.82, 2.24) is 15.5 Å². The highest BCUT2D eigenvalue weighted by Gasteiger charge is 2.34. The first-order valence-electron chi connectivity index (χ1n) is 7.06. The van der Waals surface area contributed by atoms with Crippen molar-refractivity contribution in [2.24, 2.45) is 5.92 Å². The second-order valence-corrected chi connectivity index (χ2v) is 6.42. The fourth-order valence-corrected chi connectivity index (χ4v) is 3.68. The number of nitrogens with zero attached hydrogens (tertiary/aromatic N) is 1. The van der Waals surface area contributed by atoms with E-state index in [1.165, 1.54) is 24.2 Å². The second kappa shape index (κ2) is 5.93. The number of piperidine rings is 3. The van der Waals surface area contributed by atoms with Crippen LogP contribution in [-0.2, 0) is 4.79 Å². The molecule has 2 bridgehead atoms. The zero-order chi connectivity index (χ0) is 13.9. The summed E-state index contributed by atoms with van der Waals surface area (Å²) in [5.74, 6) is 0.342. The highest BCUT2D eigenvalue weighted by atomic mass is 32.1. The van der Waals surface area contributed by atoms with Gasteiger partial charge in [-0.1, -0.05) is 6.07 Å². The Balaban J connectivity index is 1.45. The van der Waals surface area contributed by atoms with Gasteiger partial charge in [0.2, 0.25) is 5.91 Å². The Labute approximate surface area is 122 Å². The molecule has 3 aliphatic heterocycles. The summed E-state index contributed by atoms with van der Waals surface area (Å²) in [6.45, 7) is 3.33. The Morgan fingerprint density at radius 2 is 2.15 bits per heavy atom. The van der Waals surface area contributed by atoms with Gasteiger partial charge in [-0.2, -0.15) is 0 Å². The van der Waals surface area contributed by atoms with Gasteiger partial charge in [0.1, 0.15) is 0 Å². The number of rotatable bonds is 4. The van der Waals surface area contributed by atoms with E-state index in [2.05, 4.69) is 15.5 Å². The van der Waals surface area contributed by atoms with Crippen molar-refractivity contribution in [3.8, 4) is 0 Å². The van der Waals surface area contributed by atoms with Crippen LogP contribution < -0.4 is 10.6 Å². The average molecular weight is 293 g/mol. The molecule has 4 heterocycles. The first-order valence-corrected chi connectivity index (χ1v) is 7.94. The lowest BCUT2D eigenvalue weighted by atomic mass is 9.84. The van der Waals surface area contributed by atoms with Gasteiger partial charge >= 0.3 is 0 Å². The third-order valence-corrected chi connectivity index (χ3v) is 5.03. The summed E-state index contributed by atoms with van der Waals surface area (Å²) in [5, 5.41) is 7.57. The van der Waals surface area contributed by atoms with Gasteiger partial charge in [0, 0.05) is 12.6 Å². The fourth-order valence-electron chi connectivity index (χ4n) is 3.04. The summed E-state index contributed by atoms with van der Waals surface area (Å²) in [6, 6.07) is 3.83. The topological polar surface area (TPSA) is 61.4 Å². The molecule has 1 aromatic heterocycles. The highest BCUT2D eigenvalue weighted by Crippen LogP contribution is 2.27. The molecule has 1 aromatic rings. The lowest BCUT2D eigenvalue weighted by Gasteiger charge is -2.44. The van der Waals surface area contributed by atoms with Crippen molar-refractivity contribution in [2.75, 3.05) is 26.2 Å². The SMILES string of the molecule is O=C(CNC(=O)c1cccs1)NC1CN2CCC1CC2. The number of nitrogens with one attached hydrogen (secondary N) is 2. The van der Waals surface area contributed by atoms with E-state index in [0.717, 1.165) is 19.6 Å². The predicted octanol–water partition coefficient (Wildman–Crippen LogP) is 0.688. The molecule has 1 unspecified atom stereocenters. The second-order valence-electron chi connectivity index (χ2n) is 5.47. The molecule has 1 atom stereocenters. The first-order chi connectivity index (χ1) is 9.72. The largest absolute Gasteiger partial charge is 0.350 e. The smallest absolute Gasteiger partial charge is 0.261 e. The molecule has 3 aliphatic rings. The number of amides is 2. The Morgan fingerprint density at radius 3 is 2.75 bits per heavy atom. The lowest BCUT2D eigenvalue weighted by Crippen LogP contribution is -2.58. The van der Waals surface area contributed by atoms with Gasteiger partial charge in [-0.05, 0) is 43.3 Å². The quantitative estimate of drug-likeness (QED) is 0.858. The molecule has 6 heteroatoms. The summed E-state index contributed by atoms with van der Waals surface area (Å²) in [6.07, 6.45) is 2.35. The van der Waals surface area contributed by atoms with E-state index in [-0.39, 0.29) is 24.4 Å². The Morgan fingerprint density at radius 1 is 1.35 bits per heavy atom. The number of hydrogen-bond acceptors (Lipinski definition) is 4. The molecule has 20 heavy (non-hydrogen) atoms. The van der Waals surface area contributed by atoms with Gasteiger partial charge in [0.05, 0.1) is 11.4 Å². The molecule has 0 radical (unpaired) electrons. The van der Waals surface area contributed by atoms with Crippen LogP contribution >= 0.6 is 11.3 Å². The van der Waals surface area contributed by atoms with Crippen LogP contribution in [0.15, 0.2) is 17.5 Å². The van der Waals surface area contributed by atoms with Crippen molar-refractivity contribution in [2.45, 2.75) is 18.9 Å². The zero-order valence-electron chi connectivity index (χ0n) is 11.3. The molecule has 0 aliphatic carbocycles. The number of carbonyl (C=O) groups excluding carboxylic acids is 2. The highest BCUT2D eigenvalue weighted by molar-refractivity contribution is 7.12. The Hall–Kier alpha value is -1.40. The summed E-state index contributed by atoms with van der Waals surface area (Å²) in [7, 11) is 0. The maximum absolute atomic E-state index is 11.9. The van der Waals surface area contributed by atoms with Crippen LogP contribution in [0.1, 0.15) is 22.5 Å². The van der Waals surface area contributed by atoms with Crippen molar-refractivity contribution >= 4 is 23.2 Å².